The first-order chi connectivity index (χ1) is 8.88. The minimum Gasteiger partial charge on any atom is -0.325 e. The van der Waals surface area contributed by atoms with E-state index < -0.39 is 0 Å². The second-order valence-electron chi connectivity index (χ2n) is 4.95. The predicted octanol–water partition coefficient (Wildman–Crippen LogP) is 0.730. The van der Waals surface area contributed by atoms with E-state index in [0.29, 0.717) is 12.5 Å². The van der Waals surface area contributed by atoms with Crippen LogP contribution in [0.15, 0.2) is 18.2 Å². The summed E-state index contributed by atoms with van der Waals surface area (Å²) in [6.45, 7) is 2.75. The van der Waals surface area contributed by atoms with Crippen molar-refractivity contribution in [1.29, 1.82) is 0 Å². The van der Waals surface area contributed by atoms with Crippen LogP contribution in [-0.4, -0.2) is 27.7 Å². The van der Waals surface area contributed by atoms with Crippen molar-refractivity contribution in [3.8, 4) is 0 Å². The summed E-state index contributed by atoms with van der Waals surface area (Å²) in [4.78, 5) is 0. The van der Waals surface area contributed by atoms with Gasteiger partial charge >= 0.3 is 0 Å². The number of nitrogens with one attached hydrogen (secondary N) is 1. The molecule has 1 atom stereocenters. The van der Waals surface area contributed by atoms with Crippen molar-refractivity contribution in [2.45, 2.75) is 25.8 Å². The van der Waals surface area contributed by atoms with Gasteiger partial charge in [-0.25, -0.2) is 0 Å². The highest BCUT2D eigenvalue weighted by atomic mass is 15.3. The molecule has 0 saturated carbocycles. The van der Waals surface area contributed by atoms with Gasteiger partial charge < -0.3 is 11.1 Å². The van der Waals surface area contributed by atoms with Gasteiger partial charge in [0.05, 0.1) is 0 Å². The fourth-order valence-corrected chi connectivity index (χ4v) is 2.72. The fourth-order valence-electron chi connectivity index (χ4n) is 2.72. The Morgan fingerprint density at radius 2 is 2.33 bits per heavy atom. The molecule has 0 aromatic carbocycles. The van der Waals surface area contributed by atoms with Crippen molar-refractivity contribution in [3.63, 3.8) is 0 Å². The van der Waals surface area contributed by atoms with Crippen molar-refractivity contribution in [1.82, 2.24) is 19.9 Å². The molecule has 1 fully saturated rings. The van der Waals surface area contributed by atoms with E-state index >= 15 is 0 Å². The Morgan fingerprint density at radius 1 is 1.39 bits per heavy atom. The van der Waals surface area contributed by atoms with E-state index in [9.17, 15) is 0 Å². The van der Waals surface area contributed by atoms with Gasteiger partial charge in [0.2, 0.25) is 0 Å². The number of aromatic nitrogens is 3. The fraction of sp³-hybridized carbons (Fsp3) is 0.538. The second-order valence-corrected chi connectivity index (χ2v) is 4.95. The molecule has 3 N–H and O–H groups in total. The first-order valence-corrected chi connectivity index (χ1v) is 6.61. The number of piperidine rings is 1. The summed E-state index contributed by atoms with van der Waals surface area (Å²) >= 11 is 0. The first kappa shape index (κ1) is 11.6. The molecule has 1 aliphatic heterocycles. The lowest BCUT2D eigenvalue weighted by atomic mass is 9.96. The molecule has 2 aromatic heterocycles. The standard InChI is InChI=1S/C13H19N5/c14-8-11-4-1-5-12-16-17-13(18(11)12)7-10-3-2-6-15-9-10/h1,4-5,10,15H,2-3,6-9,14H2. The van der Waals surface area contributed by atoms with Gasteiger partial charge in [-0.15, -0.1) is 10.2 Å². The molecule has 2 aromatic rings. The zero-order valence-electron chi connectivity index (χ0n) is 10.5. The minimum atomic E-state index is 0.519. The van der Waals surface area contributed by atoms with E-state index in [2.05, 4.69) is 19.9 Å². The Morgan fingerprint density at radius 3 is 3.11 bits per heavy atom. The summed E-state index contributed by atoms with van der Waals surface area (Å²) in [7, 11) is 0. The van der Waals surface area contributed by atoms with Crippen molar-refractivity contribution in [2.24, 2.45) is 11.7 Å². The third-order valence-electron chi connectivity index (χ3n) is 3.66. The number of nitrogens with two attached hydrogens (primary N) is 1. The molecule has 3 heterocycles. The van der Waals surface area contributed by atoms with E-state index in [-0.39, 0.29) is 0 Å². The van der Waals surface area contributed by atoms with Crippen LogP contribution in [0, 0.1) is 5.92 Å². The van der Waals surface area contributed by atoms with Crippen molar-refractivity contribution < 1.29 is 0 Å². The molecular formula is C13H19N5. The van der Waals surface area contributed by atoms with E-state index in [1.165, 1.54) is 12.8 Å². The highest BCUT2D eigenvalue weighted by molar-refractivity contribution is 5.40. The zero-order valence-corrected chi connectivity index (χ0v) is 10.5. The Labute approximate surface area is 106 Å². The molecule has 18 heavy (non-hydrogen) atoms. The van der Waals surface area contributed by atoms with E-state index in [0.717, 1.165) is 36.7 Å². The van der Waals surface area contributed by atoms with Crippen LogP contribution in [0.2, 0.25) is 0 Å². The number of fused-ring (bicyclic) bond motifs is 1. The van der Waals surface area contributed by atoms with Crippen LogP contribution in [-0.2, 0) is 13.0 Å². The molecule has 1 saturated heterocycles. The largest absolute Gasteiger partial charge is 0.325 e. The van der Waals surface area contributed by atoms with Crippen LogP contribution >= 0.6 is 0 Å². The summed E-state index contributed by atoms with van der Waals surface area (Å²) in [6, 6.07) is 6.01. The number of rotatable bonds is 3. The van der Waals surface area contributed by atoms with Gasteiger partial charge in [-0.3, -0.25) is 4.40 Å². The Kier molecular flexibility index (Phi) is 3.25. The van der Waals surface area contributed by atoms with Crippen molar-refractivity contribution in [2.75, 3.05) is 13.1 Å². The lowest BCUT2D eigenvalue weighted by molar-refractivity contribution is 0.369. The van der Waals surface area contributed by atoms with Gasteiger partial charge in [-0.1, -0.05) is 6.07 Å². The third kappa shape index (κ3) is 2.11. The van der Waals surface area contributed by atoms with Crippen LogP contribution in [0.25, 0.3) is 5.65 Å². The molecule has 96 valence electrons. The molecule has 0 radical (unpaired) electrons. The van der Waals surface area contributed by atoms with E-state index in [4.69, 9.17) is 5.73 Å². The molecular weight excluding hydrogens is 226 g/mol. The SMILES string of the molecule is NCc1cccc2nnc(CC3CCCNC3)n12. The minimum absolute atomic E-state index is 0.519. The highest BCUT2D eigenvalue weighted by Crippen LogP contribution is 2.17. The lowest BCUT2D eigenvalue weighted by Gasteiger charge is -2.22. The number of nitrogens with zero attached hydrogens (tertiary/aromatic N) is 3. The molecule has 0 amide bonds. The quantitative estimate of drug-likeness (QED) is 0.836. The molecule has 5 nitrogen and oxygen atoms in total. The molecule has 0 aliphatic carbocycles. The summed E-state index contributed by atoms with van der Waals surface area (Å²) in [5, 5.41) is 12.0. The van der Waals surface area contributed by atoms with Crippen LogP contribution in [0.1, 0.15) is 24.4 Å². The third-order valence-corrected chi connectivity index (χ3v) is 3.66. The van der Waals surface area contributed by atoms with Crippen molar-refractivity contribution in [3.05, 3.63) is 29.7 Å². The molecule has 1 aliphatic rings. The van der Waals surface area contributed by atoms with Gasteiger partial charge in [0, 0.05) is 18.7 Å². The molecule has 3 rings (SSSR count). The molecule has 0 spiro atoms. The van der Waals surface area contributed by atoms with Gasteiger partial charge in [0.15, 0.2) is 5.65 Å². The Hall–Kier alpha value is -1.46. The van der Waals surface area contributed by atoms with Crippen LogP contribution in [0.5, 0.6) is 0 Å². The van der Waals surface area contributed by atoms with Crippen molar-refractivity contribution >= 4 is 5.65 Å². The van der Waals surface area contributed by atoms with Gasteiger partial charge in [0.25, 0.3) is 0 Å². The predicted molar refractivity (Wildman–Crippen MR) is 70.2 cm³/mol. The van der Waals surface area contributed by atoms with Crippen LogP contribution < -0.4 is 11.1 Å². The maximum Gasteiger partial charge on any atom is 0.161 e. The Bertz CT molecular complexity index is 527. The second kappa shape index (κ2) is 5.04. The van der Waals surface area contributed by atoms with E-state index in [1.54, 1.807) is 0 Å². The number of hydrogen-bond acceptors (Lipinski definition) is 4. The maximum atomic E-state index is 5.79. The topological polar surface area (TPSA) is 68.2 Å². The summed E-state index contributed by atoms with van der Waals surface area (Å²) in [5.41, 5.74) is 7.77. The average Bonchev–Trinajstić information content (AvgIpc) is 2.83. The monoisotopic (exact) mass is 245 g/mol. The number of hydrogen-bond donors (Lipinski definition) is 2. The lowest BCUT2D eigenvalue weighted by Crippen LogP contribution is -2.31. The Balaban J connectivity index is 1.91. The van der Waals surface area contributed by atoms with Crippen LogP contribution in [0.4, 0.5) is 0 Å². The van der Waals surface area contributed by atoms with Crippen LogP contribution in [0.3, 0.4) is 0 Å². The average molecular weight is 245 g/mol. The molecule has 5 heteroatoms. The summed E-state index contributed by atoms with van der Waals surface area (Å²) < 4.78 is 2.11. The normalized spacial score (nSPS) is 20.4. The highest BCUT2D eigenvalue weighted by Gasteiger charge is 2.17. The zero-order chi connectivity index (χ0) is 12.4. The van der Waals surface area contributed by atoms with Gasteiger partial charge in [-0.2, -0.15) is 0 Å². The van der Waals surface area contributed by atoms with Gasteiger partial charge in [-0.05, 0) is 44.0 Å². The molecule has 1 unspecified atom stereocenters. The van der Waals surface area contributed by atoms with E-state index in [1.807, 2.05) is 18.2 Å². The summed E-state index contributed by atoms with van der Waals surface area (Å²) in [6.07, 6.45) is 3.50. The summed E-state index contributed by atoms with van der Waals surface area (Å²) in [5.74, 6) is 1.71. The molecule has 0 bridgehead atoms. The first-order valence-electron chi connectivity index (χ1n) is 6.61. The number of pyridine rings is 1. The van der Waals surface area contributed by atoms with Gasteiger partial charge in [0.1, 0.15) is 5.82 Å². The smallest absolute Gasteiger partial charge is 0.161 e. The maximum absolute atomic E-state index is 5.79.